The molecule has 104 valence electrons. The lowest BCUT2D eigenvalue weighted by atomic mass is 10.0. The summed E-state index contributed by atoms with van der Waals surface area (Å²) in [6.07, 6.45) is 0. The van der Waals surface area contributed by atoms with Crippen LogP contribution in [0.15, 0.2) is 12.1 Å². The number of hydrogen-bond acceptors (Lipinski definition) is 3. The summed E-state index contributed by atoms with van der Waals surface area (Å²) < 4.78 is 4.76. The Balaban J connectivity index is 3.14. The van der Waals surface area contributed by atoms with Crippen LogP contribution in [0.2, 0.25) is 0 Å². The van der Waals surface area contributed by atoms with Crippen LogP contribution in [0.4, 0.5) is 10.5 Å². The number of carbonyl (C=O) groups is 2. The van der Waals surface area contributed by atoms with Gasteiger partial charge in [0.2, 0.25) is 0 Å². The van der Waals surface area contributed by atoms with Crippen LogP contribution in [0.1, 0.15) is 35.3 Å². The molecule has 0 aliphatic heterocycles. The van der Waals surface area contributed by atoms with Gasteiger partial charge in [-0.15, -0.1) is 0 Å². The molecule has 1 aromatic rings. The summed E-state index contributed by atoms with van der Waals surface area (Å²) in [5, 5.41) is 5.44. The zero-order valence-corrected chi connectivity index (χ0v) is 12.0. The predicted molar refractivity (Wildman–Crippen MR) is 74.5 cm³/mol. The molecule has 5 nitrogen and oxygen atoms in total. The summed E-state index contributed by atoms with van der Waals surface area (Å²) in [4.78, 5) is 23.6. The molecule has 1 rings (SSSR count). The van der Waals surface area contributed by atoms with E-state index in [1.165, 1.54) is 7.11 Å². The zero-order valence-electron chi connectivity index (χ0n) is 12.0. The second kappa shape index (κ2) is 6.22. The number of esters is 1. The molecule has 0 aromatic heterocycles. The molecule has 0 aliphatic carbocycles. The fourth-order valence-corrected chi connectivity index (χ4v) is 1.75. The second-order valence-electron chi connectivity index (χ2n) is 4.69. The van der Waals surface area contributed by atoms with Crippen LogP contribution < -0.4 is 10.6 Å². The number of carbonyl (C=O) groups excluding carboxylic acids is 2. The van der Waals surface area contributed by atoms with E-state index in [1.54, 1.807) is 6.92 Å². The molecule has 0 aliphatic rings. The molecule has 0 spiro atoms. The lowest BCUT2D eigenvalue weighted by Gasteiger charge is -2.16. The Morgan fingerprint density at radius 3 is 2.26 bits per heavy atom. The molecule has 19 heavy (non-hydrogen) atoms. The number of amides is 2. The summed E-state index contributed by atoms with van der Waals surface area (Å²) in [5.41, 5.74) is 2.45. The summed E-state index contributed by atoms with van der Waals surface area (Å²) in [6.45, 7) is 7.36. The summed E-state index contributed by atoms with van der Waals surface area (Å²) in [7, 11) is 1.32. The van der Waals surface area contributed by atoms with Gasteiger partial charge in [-0.05, 0) is 38.8 Å². The molecule has 0 unspecified atom stereocenters. The molecule has 2 N–H and O–H groups in total. The van der Waals surface area contributed by atoms with Crippen LogP contribution in [0.25, 0.3) is 0 Å². The SMILES string of the molecule is COC(=O)c1c(C)ccc(C)c1NC(=O)NC(C)C. The van der Waals surface area contributed by atoms with Crippen molar-refractivity contribution in [2.75, 3.05) is 12.4 Å². The maximum Gasteiger partial charge on any atom is 0.340 e. The third-order valence-electron chi connectivity index (χ3n) is 2.67. The van der Waals surface area contributed by atoms with Gasteiger partial charge in [0, 0.05) is 6.04 Å². The van der Waals surface area contributed by atoms with E-state index in [0.717, 1.165) is 11.1 Å². The Bertz CT molecular complexity index is 496. The van der Waals surface area contributed by atoms with Crippen molar-refractivity contribution in [1.82, 2.24) is 5.32 Å². The third kappa shape index (κ3) is 3.71. The standard InChI is InChI=1S/C14H20N2O3/c1-8(2)15-14(18)16-12-10(4)7-6-9(3)11(12)13(17)19-5/h6-8H,1-5H3,(H2,15,16,18). The second-order valence-corrected chi connectivity index (χ2v) is 4.69. The van der Waals surface area contributed by atoms with Gasteiger partial charge >= 0.3 is 12.0 Å². The molecule has 1 aromatic carbocycles. The highest BCUT2D eigenvalue weighted by Crippen LogP contribution is 2.25. The van der Waals surface area contributed by atoms with Crippen molar-refractivity contribution in [3.05, 3.63) is 28.8 Å². The van der Waals surface area contributed by atoms with E-state index in [9.17, 15) is 9.59 Å². The third-order valence-corrected chi connectivity index (χ3v) is 2.67. The summed E-state index contributed by atoms with van der Waals surface area (Å²) in [5.74, 6) is -0.457. The number of urea groups is 1. The number of rotatable bonds is 3. The first kappa shape index (κ1) is 15.0. The first-order chi connectivity index (χ1) is 8.86. The van der Waals surface area contributed by atoms with Crippen molar-refractivity contribution in [1.29, 1.82) is 0 Å². The molecule has 0 saturated heterocycles. The number of nitrogens with one attached hydrogen (secondary N) is 2. The predicted octanol–water partition coefficient (Wildman–Crippen LogP) is 2.62. The number of benzene rings is 1. The Hall–Kier alpha value is -2.04. The average molecular weight is 264 g/mol. The van der Waals surface area contributed by atoms with Crippen molar-refractivity contribution < 1.29 is 14.3 Å². The molecular formula is C14H20N2O3. The molecule has 0 atom stereocenters. The van der Waals surface area contributed by atoms with E-state index in [2.05, 4.69) is 10.6 Å². The van der Waals surface area contributed by atoms with Gasteiger partial charge in [-0.3, -0.25) is 0 Å². The minimum absolute atomic E-state index is 0.0201. The first-order valence-electron chi connectivity index (χ1n) is 6.12. The van der Waals surface area contributed by atoms with E-state index < -0.39 is 5.97 Å². The van der Waals surface area contributed by atoms with E-state index in [-0.39, 0.29) is 12.1 Å². The Kier molecular flexibility index (Phi) is 4.92. The molecule has 0 saturated carbocycles. The molecule has 2 amide bonds. The zero-order chi connectivity index (χ0) is 14.6. The van der Waals surface area contributed by atoms with Crippen LogP contribution in [0, 0.1) is 13.8 Å². The number of ether oxygens (including phenoxy) is 1. The molecule has 0 heterocycles. The maximum atomic E-state index is 11.8. The number of hydrogen-bond donors (Lipinski definition) is 2. The topological polar surface area (TPSA) is 67.4 Å². The van der Waals surface area contributed by atoms with Crippen molar-refractivity contribution >= 4 is 17.7 Å². The molecule has 0 bridgehead atoms. The first-order valence-corrected chi connectivity index (χ1v) is 6.12. The number of methoxy groups -OCH3 is 1. The van der Waals surface area contributed by atoms with E-state index in [0.29, 0.717) is 11.3 Å². The van der Waals surface area contributed by atoms with E-state index >= 15 is 0 Å². The smallest absolute Gasteiger partial charge is 0.340 e. The number of anilines is 1. The Labute approximate surface area is 113 Å². The van der Waals surface area contributed by atoms with Crippen LogP contribution in [0.5, 0.6) is 0 Å². The van der Waals surface area contributed by atoms with Crippen molar-refractivity contribution in [2.24, 2.45) is 0 Å². The van der Waals surface area contributed by atoms with Crippen LogP contribution in [-0.2, 0) is 4.74 Å². The summed E-state index contributed by atoms with van der Waals surface area (Å²) >= 11 is 0. The summed E-state index contributed by atoms with van der Waals surface area (Å²) in [6, 6.07) is 3.36. The van der Waals surface area contributed by atoms with Gasteiger partial charge in [0.05, 0.1) is 18.4 Å². The minimum Gasteiger partial charge on any atom is -0.465 e. The van der Waals surface area contributed by atoms with Gasteiger partial charge in [-0.2, -0.15) is 0 Å². The largest absolute Gasteiger partial charge is 0.465 e. The normalized spacial score (nSPS) is 10.2. The molecule has 5 heteroatoms. The fourth-order valence-electron chi connectivity index (χ4n) is 1.75. The van der Waals surface area contributed by atoms with E-state index in [1.807, 2.05) is 32.9 Å². The lowest BCUT2D eigenvalue weighted by Crippen LogP contribution is -2.35. The quantitative estimate of drug-likeness (QED) is 0.825. The van der Waals surface area contributed by atoms with Crippen LogP contribution >= 0.6 is 0 Å². The fraction of sp³-hybridized carbons (Fsp3) is 0.429. The molecule has 0 fully saturated rings. The van der Waals surface area contributed by atoms with Crippen LogP contribution in [0.3, 0.4) is 0 Å². The Morgan fingerprint density at radius 1 is 1.16 bits per heavy atom. The Morgan fingerprint density at radius 2 is 1.74 bits per heavy atom. The van der Waals surface area contributed by atoms with Crippen LogP contribution in [-0.4, -0.2) is 25.2 Å². The van der Waals surface area contributed by atoms with E-state index in [4.69, 9.17) is 4.74 Å². The van der Waals surface area contributed by atoms with Gasteiger partial charge in [0.25, 0.3) is 0 Å². The van der Waals surface area contributed by atoms with Gasteiger partial charge in [-0.1, -0.05) is 12.1 Å². The average Bonchev–Trinajstić information content (AvgIpc) is 2.32. The van der Waals surface area contributed by atoms with Gasteiger partial charge in [-0.25, -0.2) is 9.59 Å². The highest BCUT2D eigenvalue weighted by molar-refractivity contribution is 6.02. The molecule has 0 radical (unpaired) electrons. The monoisotopic (exact) mass is 264 g/mol. The van der Waals surface area contributed by atoms with Gasteiger partial charge in [0.1, 0.15) is 0 Å². The van der Waals surface area contributed by atoms with Gasteiger partial charge < -0.3 is 15.4 Å². The van der Waals surface area contributed by atoms with Crippen molar-refractivity contribution in [3.8, 4) is 0 Å². The maximum absolute atomic E-state index is 11.8. The lowest BCUT2D eigenvalue weighted by molar-refractivity contribution is 0.0601. The number of aryl methyl sites for hydroxylation is 2. The molecular weight excluding hydrogens is 244 g/mol. The highest BCUT2D eigenvalue weighted by Gasteiger charge is 2.18. The van der Waals surface area contributed by atoms with Crippen molar-refractivity contribution in [3.63, 3.8) is 0 Å². The van der Waals surface area contributed by atoms with Gasteiger partial charge in [0.15, 0.2) is 0 Å². The highest BCUT2D eigenvalue weighted by atomic mass is 16.5. The van der Waals surface area contributed by atoms with Crippen molar-refractivity contribution in [2.45, 2.75) is 33.7 Å². The minimum atomic E-state index is -0.457.